The lowest BCUT2D eigenvalue weighted by Crippen LogP contribution is -2.43. The SMILES string of the molecule is O=C(CCl)NNC(=O)C1CC1c1ccccc1. The quantitative estimate of drug-likeness (QED) is 0.627. The summed E-state index contributed by atoms with van der Waals surface area (Å²) in [5.41, 5.74) is 5.79. The lowest BCUT2D eigenvalue weighted by Gasteiger charge is -2.05. The number of amides is 2. The van der Waals surface area contributed by atoms with Gasteiger partial charge in [0, 0.05) is 5.92 Å². The highest BCUT2D eigenvalue weighted by atomic mass is 35.5. The molecule has 1 aliphatic carbocycles. The van der Waals surface area contributed by atoms with Gasteiger partial charge in [0.15, 0.2) is 0 Å². The first-order valence-electron chi connectivity index (χ1n) is 5.42. The average Bonchev–Trinajstić information content (AvgIpc) is 3.17. The summed E-state index contributed by atoms with van der Waals surface area (Å²) in [5.74, 6) is -0.501. The molecule has 2 rings (SSSR count). The molecule has 1 fully saturated rings. The summed E-state index contributed by atoms with van der Waals surface area (Å²) in [5, 5.41) is 0. The normalized spacial score (nSPS) is 21.7. The smallest absolute Gasteiger partial charge is 0.253 e. The summed E-state index contributed by atoms with van der Waals surface area (Å²) in [6.45, 7) is 0. The fourth-order valence-electron chi connectivity index (χ4n) is 1.81. The van der Waals surface area contributed by atoms with Crippen LogP contribution in [0.1, 0.15) is 17.9 Å². The third kappa shape index (κ3) is 2.97. The minimum atomic E-state index is -0.406. The number of halogens is 1. The highest BCUT2D eigenvalue weighted by Gasteiger charge is 2.43. The van der Waals surface area contributed by atoms with Crippen molar-refractivity contribution < 1.29 is 9.59 Å². The molecule has 0 heterocycles. The number of hydrogen-bond donors (Lipinski definition) is 2. The molecule has 2 unspecified atom stereocenters. The van der Waals surface area contributed by atoms with Crippen LogP contribution in [0, 0.1) is 5.92 Å². The Labute approximate surface area is 104 Å². The fraction of sp³-hybridized carbons (Fsp3) is 0.333. The summed E-state index contributed by atoms with van der Waals surface area (Å²) < 4.78 is 0. The molecule has 0 aliphatic heterocycles. The molecule has 2 atom stereocenters. The molecule has 90 valence electrons. The van der Waals surface area contributed by atoms with Crippen LogP contribution in [-0.2, 0) is 9.59 Å². The van der Waals surface area contributed by atoms with Gasteiger partial charge in [-0.05, 0) is 17.9 Å². The number of hydrogen-bond acceptors (Lipinski definition) is 2. The van der Waals surface area contributed by atoms with E-state index >= 15 is 0 Å². The highest BCUT2D eigenvalue weighted by molar-refractivity contribution is 6.27. The largest absolute Gasteiger partial charge is 0.273 e. The molecular formula is C12H13ClN2O2. The van der Waals surface area contributed by atoms with Gasteiger partial charge in [-0.25, -0.2) is 0 Å². The van der Waals surface area contributed by atoms with Gasteiger partial charge in [-0.2, -0.15) is 0 Å². The Bertz CT molecular complexity index is 422. The molecule has 0 radical (unpaired) electrons. The molecule has 1 aliphatic rings. The van der Waals surface area contributed by atoms with Gasteiger partial charge in [-0.1, -0.05) is 30.3 Å². The summed E-state index contributed by atoms with van der Waals surface area (Å²) >= 11 is 5.29. The fourth-order valence-corrected chi connectivity index (χ4v) is 1.88. The molecule has 17 heavy (non-hydrogen) atoms. The molecule has 1 saturated carbocycles. The van der Waals surface area contributed by atoms with Crippen LogP contribution in [0.2, 0.25) is 0 Å². The maximum atomic E-state index is 11.6. The lowest BCUT2D eigenvalue weighted by molar-refractivity contribution is -0.128. The molecular weight excluding hydrogens is 240 g/mol. The van der Waals surface area contributed by atoms with Gasteiger partial charge in [0.2, 0.25) is 5.91 Å². The summed E-state index contributed by atoms with van der Waals surface area (Å²) in [6.07, 6.45) is 0.826. The van der Waals surface area contributed by atoms with Crippen molar-refractivity contribution in [1.82, 2.24) is 10.9 Å². The van der Waals surface area contributed by atoms with Crippen LogP contribution >= 0.6 is 11.6 Å². The number of hydrazine groups is 1. The Morgan fingerprint density at radius 1 is 1.24 bits per heavy atom. The van der Waals surface area contributed by atoms with Gasteiger partial charge in [-0.15, -0.1) is 11.6 Å². The maximum absolute atomic E-state index is 11.6. The van der Waals surface area contributed by atoms with Crippen LogP contribution in [0.15, 0.2) is 30.3 Å². The zero-order valence-corrected chi connectivity index (χ0v) is 9.91. The second-order valence-electron chi connectivity index (χ2n) is 4.03. The molecule has 1 aromatic rings. The van der Waals surface area contributed by atoms with Crippen LogP contribution < -0.4 is 10.9 Å². The van der Waals surface area contributed by atoms with Crippen molar-refractivity contribution in [2.75, 3.05) is 5.88 Å². The number of carbonyl (C=O) groups excluding carboxylic acids is 2. The molecule has 2 N–H and O–H groups in total. The van der Waals surface area contributed by atoms with Crippen molar-refractivity contribution >= 4 is 23.4 Å². The van der Waals surface area contributed by atoms with Crippen LogP contribution in [-0.4, -0.2) is 17.7 Å². The molecule has 0 saturated heterocycles. The van der Waals surface area contributed by atoms with Crippen molar-refractivity contribution in [3.63, 3.8) is 0 Å². The lowest BCUT2D eigenvalue weighted by atomic mass is 10.1. The van der Waals surface area contributed by atoms with Crippen molar-refractivity contribution in [1.29, 1.82) is 0 Å². The second kappa shape index (κ2) is 5.19. The van der Waals surface area contributed by atoms with E-state index in [1.807, 2.05) is 30.3 Å². The summed E-state index contributed by atoms with van der Waals surface area (Å²) in [7, 11) is 0. The Kier molecular flexibility index (Phi) is 3.64. The third-order valence-electron chi connectivity index (χ3n) is 2.80. The zero-order valence-electron chi connectivity index (χ0n) is 9.15. The van der Waals surface area contributed by atoms with Crippen molar-refractivity contribution in [3.8, 4) is 0 Å². The van der Waals surface area contributed by atoms with Gasteiger partial charge in [-0.3, -0.25) is 20.4 Å². The molecule has 0 bridgehead atoms. The number of benzene rings is 1. The number of rotatable bonds is 3. The van der Waals surface area contributed by atoms with E-state index in [-0.39, 0.29) is 23.6 Å². The molecule has 0 spiro atoms. The predicted molar refractivity (Wildman–Crippen MR) is 64.3 cm³/mol. The van der Waals surface area contributed by atoms with Crippen molar-refractivity contribution in [2.45, 2.75) is 12.3 Å². The van der Waals surface area contributed by atoms with E-state index in [1.54, 1.807) is 0 Å². The molecule has 5 heteroatoms. The molecule has 1 aromatic carbocycles. The van der Waals surface area contributed by atoms with Gasteiger partial charge in [0.05, 0.1) is 0 Å². The summed E-state index contributed by atoms with van der Waals surface area (Å²) in [6, 6.07) is 9.88. The monoisotopic (exact) mass is 252 g/mol. The average molecular weight is 253 g/mol. The van der Waals surface area contributed by atoms with Crippen molar-refractivity contribution in [2.24, 2.45) is 5.92 Å². The molecule has 0 aromatic heterocycles. The maximum Gasteiger partial charge on any atom is 0.253 e. The first kappa shape index (κ1) is 11.9. The van der Waals surface area contributed by atoms with E-state index in [1.165, 1.54) is 0 Å². The van der Waals surface area contributed by atoms with E-state index in [2.05, 4.69) is 10.9 Å². The van der Waals surface area contributed by atoms with E-state index in [0.29, 0.717) is 0 Å². The number of alkyl halides is 1. The second-order valence-corrected chi connectivity index (χ2v) is 4.30. The minimum absolute atomic E-state index is 0.0481. The Morgan fingerprint density at radius 3 is 2.59 bits per heavy atom. The number of nitrogens with one attached hydrogen (secondary N) is 2. The minimum Gasteiger partial charge on any atom is -0.273 e. The summed E-state index contributed by atoms with van der Waals surface area (Å²) in [4.78, 5) is 22.5. The van der Waals surface area contributed by atoms with E-state index in [0.717, 1.165) is 12.0 Å². The van der Waals surface area contributed by atoms with Crippen LogP contribution in [0.4, 0.5) is 0 Å². The van der Waals surface area contributed by atoms with Crippen molar-refractivity contribution in [3.05, 3.63) is 35.9 Å². The van der Waals surface area contributed by atoms with E-state index < -0.39 is 5.91 Å². The zero-order chi connectivity index (χ0) is 12.3. The van der Waals surface area contributed by atoms with Gasteiger partial charge >= 0.3 is 0 Å². The Morgan fingerprint density at radius 2 is 1.94 bits per heavy atom. The van der Waals surface area contributed by atoms with E-state index in [9.17, 15) is 9.59 Å². The van der Waals surface area contributed by atoms with Crippen LogP contribution in [0.25, 0.3) is 0 Å². The Balaban J connectivity index is 1.83. The van der Waals surface area contributed by atoms with Gasteiger partial charge in [0.25, 0.3) is 5.91 Å². The molecule has 4 nitrogen and oxygen atoms in total. The predicted octanol–water partition coefficient (Wildman–Crippen LogP) is 1.18. The first-order chi connectivity index (χ1) is 8.22. The first-order valence-corrected chi connectivity index (χ1v) is 5.95. The van der Waals surface area contributed by atoms with E-state index in [4.69, 9.17) is 11.6 Å². The molecule has 2 amide bonds. The third-order valence-corrected chi connectivity index (χ3v) is 3.04. The van der Waals surface area contributed by atoms with Gasteiger partial charge < -0.3 is 0 Å². The van der Waals surface area contributed by atoms with Gasteiger partial charge in [0.1, 0.15) is 5.88 Å². The Hall–Kier alpha value is -1.55. The standard InChI is InChI=1S/C12H13ClN2O2/c13-7-11(16)14-15-12(17)10-6-9(10)8-4-2-1-3-5-8/h1-5,9-10H,6-7H2,(H,14,16)(H,15,17). The van der Waals surface area contributed by atoms with Crippen LogP contribution in [0.3, 0.4) is 0 Å². The topological polar surface area (TPSA) is 58.2 Å². The highest BCUT2D eigenvalue weighted by Crippen LogP contribution is 2.47. The number of carbonyl (C=O) groups is 2. The van der Waals surface area contributed by atoms with Crippen LogP contribution in [0.5, 0.6) is 0 Å².